The Morgan fingerprint density at radius 2 is 1.93 bits per heavy atom. The molecule has 7 heteroatoms. The fourth-order valence-corrected chi connectivity index (χ4v) is 2.66. The van der Waals surface area contributed by atoms with E-state index >= 15 is 0 Å². The summed E-state index contributed by atoms with van der Waals surface area (Å²) in [6.07, 6.45) is 3.21. The molecule has 4 aromatic rings. The zero-order valence-corrected chi connectivity index (χ0v) is 15.7. The van der Waals surface area contributed by atoms with Crippen LogP contribution >= 0.6 is 0 Å². The lowest BCUT2D eigenvalue weighted by Crippen LogP contribution is -2.20. The van der Waals surface area contributed by atoms with Crippen LogP contribution in [0.4, 0.5) is 5.69 Å². The van der Waals surface area contributed by atoms with E-state index in [1.165, 1.54) is 0 Å². The Morgan fingerprint density at radius 1 is 1.07 bits per heavy atom. The number of aromatic nitrogens is 3. The number of nitrogens with one attached hydrogen (secondary N) is 1. The van der Waals surface area contributed by atoms with Crippen molar-refractivity contribution >= 4 is 11.6 Å². The molecule has 7 nitrogen and oxygen atoms in total. The normalized spacial score (nSPS) is 10.5. The molecule has 144 valence electrons. The van der Waals surface area contributed by atoms with Crippen molar-refractivity contribution < 1.29 is 14.1 Å². The smallest absolute Gasteiger partial charge is 0.262 e. The van der Waals surface area contributed by atoms with Crippen LogP contribution in [0.25, 0.3) is 22.8 Å². The minimum Gasteiger partial charge on any atom is -0.484 e. The Kier molecular flexibility index (Phi) is 5.29. The van der Waals surface area contributed by atoms with Crippen LogP contribution in [-0.4, -0.2) is 27.6 Å². The zero-order valence-electron chi connectivity index (χ0n) is 15.7. The molecular weight excluding hydrogens is 368 g/mol. The molecule has 0 atom stereocenters. The number of pyridine rings is 1. The molecule has 0 aliphatic carbocycles. The molecule has 0 radical (unpaired) electrons. The number of carbonyl (C=O) groups is 1. The largest absolute Gasteiger partial charge is 0.484 e. The Morgan fingerprint density at radius 3 is 2.72 bits per heavy atom. The summed E-state index contributed by atoms with van der Waals surface area (Å²) >= 11 is 0. The van der Waals surface area contributed by atoms with E-state index in [2.05, 4.69) is 20.4 Å². The third-order valence-electron chi connectivity index (χ3n) is 4.13. The van der Waals surface area contributed by atoms with E-state index in [9.17, 15) is 4.79 Å². The summed E-state index contributed by atoms with van der Waals surface area (Å²) in [7, 11) is 0. The molecule has 1 amide bonds. The van der Waals surface area contributed by atoms with E-state index in [-0.39, 0.29) is 12.5 Å². The fraction of sp³-hybridized carbons (Fsp3) is 0.0909. The van der Waals surface area contributed by atoms with Crippen molar-refractivity contribution in [3.63, 3.8) is 0 Å². The standard InChI is InChI=1S/C22H18N4O3/c1-15-7-9-16(10-8-15)21-25-22(29-26-21)17-4-2-6-19(12-17)28-14-20(27)24-18-5-3-11-23-13-18/h2-13H,14H2,1H3,(H,24,27). The summed E-state index contributed by atoms with van der Waals surface area (Å²) in [6.45, 7) is 1.89. The van der Waals surface area contributed by atoms with Gasteiger partial charge in [-0.2, -0.15) is 4.98 Å². The first kappa shape index (κ1) is 18.4. The molecular formula is C22H18N4O3. The summed E-state index contributed by atoms with van der Waals surface area (Å²) in [5.41, 5.74) is 3.37. The predicted molar refractivity (Wildman–Crippen MR) is 108 cm³/mol. The molecule has 0 saturated carbocycles. The van der Waals surface area contributed by atoms with Gasteiger partial charge in [0.25, 0.3) is 11.8 Å². The monoisotopic (exact) mass is 386 g/mol. The lowest BCUT2D eigenvalue weighted by atomic mass is 10.1. The second-order valence-corrected chi connectivity index (χ2v) is 6.40. The molecule has 0 spiro atoms. The molecule has 1 N–H and O–H groups in total. The van der Waals surface area contributed by atoms with Crippen LogP contribution in [0.2, 0.25) is 0 Å². The number of hydrogen-bond donors (Lipinski definition) is 1. The third kappa shape index (κ3) is 4.65. The molecule has 0 bridgehead atoms. The quantitative estimate of drug-likeness (QED) is 0.536. The molecule has 2 aromatic heterocycles. The van der Waals surface area contributed by atoms with Gasteiger partial charge in [-0.25, -0.2) is 0 Å². The Hall–Kier alpha value is -4.00. The lowest BCUT2D eigenvalue weighted by molar-refractivity contribution is -0.118. The third-order valence-corrected chi connectivity index (χ3v) is 4.13. The SMILES string of the molecule is Cc1ccc(-c2noc(-c3cccc(OCC(=O)Nc4cccnc4)c3)n2)cc1. The number of hydrogen-bond acceptors (Lipinski definition) is 6. The van der Waals surface area contributed by atoms with Crippen molar-refractivity contribution in [1.82, 2.24) is 15.1 Å². The molecule has 2 heterocycles. The van der Waals surface area contributed by atoms with Crippen molar-refractivity contribution in [1.29, 1.82) is 0 Å². The second-order valence-electron chi connectivity index (χ2n) is 6.40. The van der Waals surface area contributed by atoms with Crippen molar-refractivity contribution in [3.05, 3.63) is 78.6 Å². The van der Waals surface area contributed by atoms with Crippen LogP contribution in [0.1, 0.15) is 5.56 Å². The molecule has 0 aliphatic rings. The molecule has 0 saturated heterocycles. The van der Waals surface area contributed by atoms with Crippen molar-refractivity contribution in [2.45, 2.75) is 6.92 Å². The van der Waals surface area contributed by atoms with Gasteiger partial charge >= 0.3 is 0 Å². The first-order valence-electron chi connectivity index (χ1n) is 9.01. The minimum atomic E-state index is -0.275. The van der Waals surface area contributed by atoms with Crippen molar-refractivity contribution in [2.24, 2.45) is 0 Å². The maximum Gasteiger partial charge on any atom is 0.262 e. The number of nitrogens with zero attached hydrogens (tertiary/aromatic N) is 3. The number of carbonyl (C=O) groups excluding carboxylic acids is 1. The highest BCUT2D eigenvalue weighted by atomic mass is 16.5. The second kappa shape index (κ2) is 8.35. The topological polar surface area (TPSA) is 90.1 Å². The molecule has 0 unspecified atom stereocenters. The van der Waals surface area contributed by atoms with Gasteiger partial charge in [0.2, 0.25) is 5.82 Å². The van der Waals surface area contributed by atoms with E-state index in [0.29, 0.717) is 28.7 Å². The van der Waals surface area contributed by atoms with Crippen LogP contribution in [0.3, 0.4) is 0 Å². The van der Waals surface area contributed by atoms with E-state index < -0.39 is 0 Å². The van der Waals surface area contributed by atoms with Gasteiger partial charge in [-0.1, -0.05) is 41.1 Å². The Bertz CT molecular complexity index is 1110. The molecule has 4 rings (SSSR count). The first-order valence-corrected chi connectivity index (χ1v) is 9.01. The van der Waals surface area contributed by atoms with Crippen molar-refractivity contribution in [2.75, 3.05) is 11.9 Å². The molecule has 2 aromatic carbocycles. The maximum atomic E-state index is 12.0. The summed E-state index contributed by atoms with van der Waals surface area (Å²) < 4.78 is 11.0. The van der Waals surface area contributed by atoms with E-state index in [1.807, 2.05) is 37.3 Å². The van der Waals surface area contributed by atoms with Crippen LogP contribution in [0, 0.1) is 6.92 Å². The number of amides is 1. The van der Waals surface area contributed by atoms with E-state index in [1.54, 1.807) is 42.7 Å². The number of ether oxygens (including phenoxy) is 1. The average molecular weight is 386 g/mol. The van der Waals surface area contributed by atoms with Gasteiger partial charge in [0.05, 0.1) is 11.9 Å². The van der Waals surface area contributed by atoms with Gasteiger partial charge in [0.1, 0.15) is 5.75 Å². The van der Waals surface area contributed by atoms with Gasteiger partial charge in [0, 0.05) is 17.3 Å². The number of rotatable bonds is 6. The number of anilines is 1. The number of benzene rings is 2. The molecule has 0 fully saturated rings. The summed E-state index contributed by atoms with van der Waals surface area (Å²) in [6, 6.07) is 18.6. The minimum absolute atomic E-state index is 0.128. The first-order chi connectivity index (χ1) is 14.2. The van der Waals surface area contributed by atoms with E-state index in [0.717, 1.165) is 11.1 Å². The fourth-order valence-electron chi connectivity index (χ4n) is 2.66. The van der Waals surface area contributed by atoms with Crippen LogP contribution in [0.15, 0.2) is 77.6 Å². The summed E-state index contributed by atoms with van der Waals surface area (Å²) in [5.74, 6) is 1.15. The average Bonchev–Trinajstić information content (AvgIpc) is 3.24. The number of aryl methyl sites for hydroxylation is 1. The summed E-state index contributed by atoms with van der Waals surface area (Å²) in [5, 5.41) is 6.76. The van der Waals surface area contributed by atoms with Gasteiger partial charge < -0.3 is 14.6 Å². The van der Waals surface area contributed by atoms with E-state index in [4.69, 9.17) is 9.26 Å². The lowest BCUT2D eigenvalue weighted by Gasteiger charge is -2.07. The van der Waals surface area contributed by atoms with Gasteiger partial charge in [-0.05, 0) is 37.3 Å². The van der Waals surface area contributed by atoms with Crippen LogP contribution in [0.5, 0.6) is 5.75 Å². The maximum absolute atomic E-state index is 12.0. The Balaban J connectivity index is 1.42. The Labute approximate surface area is 167 Å². The highest BCUT2D eigenvalue weighted by Gasteiger charge is 2.12. The molecule has 0 aliphatic heterocycles. The van der Waals surface area contributed by atoms with Gasteiger partial charge in [-0.3, -0.25) is 9.78 Å². The summed E-state index contributed by atoms with van der Waals surface area (Å²) in [4.78, 5) is 20.4. The van der Waals surface area contributed by atoms with Crippen LogP contribution < -0.4 is 10.1 Å². The zero-order chi connectivity index (χ0) is 20.1. The van der Waals surface area contributed by atoms with Gasteiger partial charge in [-0.15, -0.1) is 0 Å². The van der Waals surface area contributed by atoms with Gasteiger partial charge in [0.15, 0.2) is 6.61 Å². The highest BCUT2D eigenvalue weighted by Crippen LogP contribution is 2.25. The van der Waals surface area contributed by atoms with Crippen molar-refractivity contribution in [3.8, 4) is 28.6 Å². The molecule has 29 heavy (non-hydrogen) atoms. The highest BCUT2D eigenvalue weighted by molar-refractivity contribution is 5.91. The predicted octanol–water partition coefficient (Wildman–Crippen LogP) is 4.12. The van der Waals surface area contributed by atoms with Crippen LogP contribution in [-0.2, 0) is 4.79 Å².